The molecule has 0 aromatic heterocycles. The van der Waals surface area contributed by atoms with Gasteiger partial charge in [0.05, 0.1) is 0 Å². The van der Waals surface area contributed by atoms with Crippen molar-refractivity contribution in [1.29, 1.82) is 0 Å². The van der Waals surface area contributed by atoms with Crippen LogP contribution in [0.3, 0.4) is 0 Å². The van der Waals surface area contributed by atoms with Crippen LogP contribution in [0.5, 0.6) is 11.5 Å². The average Bonchev–Trinajstić information content (AvgIpc) is 2.50. The van der Waals surface area contributed by atoms with Crippen molar-refractivity contribution in [3.63, 3.8) is 0 Å². The van der Waals surface area contributed by atoms with E-state index in [0.717, 1.165) is 34.7 Å². The second kappa shape index (κ2) is 8.66. The van der Waals surface area contributed by atoms with Crippen LogP contribution in [0.4, 0.5) is 0 Å². The fraction of sp³-hybridized carbons (Fsp3) is 0.333. The molecule has 0 aliphatic carbocycles. The van der Waals surface area contributed by atoms with E-state index in [4.69, 9.17) is 9.47 Å². The van der Waals surface area contributed by atoms with Crippen LogP contribution in [0.2, 0.25) is 0 Å². The fourth-order valence-corrected chi connectivity index (χ4v) is 2.31. The van der Waals surface area contributed by atoms with Gasteiger partial charge in [-0.15, -0.1) is 0 Å². The molecular formula is C18H24ClNO2. The lowest BCUT2D eigenvalue weighted by Crippen LogP contribution is -3.00. The van der Waals surface area contributed by atoms with Gasteiger partial charge in [0.25, 0.3) is 0 Å². The highest BCUT2D eigenvalue weighted by atomic mass is 35.5. The molecular weight excluding hydrogens is 298 g/mol. The average molecular weight is 322 g/mol. The van der Waals surface area contributed by atoms with Crippen LogP contribution in [0.15, 0.2) is 36.4 Å². The standard InChI is InChI=1S/C18H23NO2.ClH/c1-13-11-17(20-10-9-19)14(2)15(3)18(13)21-12-16-7-5-4-6-8-16;/h4-8,11H,9-10,12,19H2,1-3H3;1H. The van der Waals surface area contributed by atoms with Crippen LogP contribution in [0, 0.1) is 20.8 Å². The smallest absolute Gasteiger partial charge is 0.137 e. The molecule has 0 fully saturated rings. The number of rotatable bonds is 6. The lowest BCUT2D eigenvalue weighted by molar-refractivity contribution is -0.370. The number of hydrogen-bond donors (Lipinski definition) is 1. The monoisotopic (exact) mass is 321 g/mol. The van der Waals surface area contributed by atoms with Crippen molar-refractivity contribution in [3.8, 4) is 11.5 Å². The Morgan fingerprint density at radius 2 is 1.64 bits per heavy atom. The second-order valence-corrected chi connectivity index (χ2v) is 5.25. The predicted molar refractivity (Wildman–Crippen MR) is 84.7 cm³/mol. The molecule has 0 aliphatic rings. The van der Waals surface area contributed by atoms with Gasteiger partial charge < -0.3 is 27.6 Å². The van der Waals surface area contributed by atoms with Gasteiger partial charge in [-0.05, 0) is 49.1 Å². The maximum Gasteiger partial charge on any atom is 0.137 e. The molecule has 2 rings (SSSR count). The van der Waals surface area contributed by atoms with Crippen molar-refractivity contribution < 1.29 is 27.6 Å². The molecule has 3 nitrogen and oxygen atoms in total. The molecule has 0 saturated heterocycles. The molecule has 2 aromatic carbocycles. The highest BCUT2D eigenvalue weighted by Gasteiger charge is 2.12. The summed E-state index contributed by atoms with van der Waals surface area (Å²) in [5, 5.41) is 0. The Bertz CT molecular complexity index is 600. The molecule has 0 radical (unpaired) electrons. The molecule has 120 valence electrons. The summed E-state index contributed by atoms with van der Waals surface area (Å²) in [6.45, 7) is 8.21. The molecule has 0 saturated carbocycles. The number of hydrogen-bond acceptors (Lipinski definition) is 2. The number of ether oxygens (including phenoxy) is 2. The summed E-state index contributed by atoms with van der Waals surface area (Å²) in [5.41, 5.74) is 8.36. The second-order valence-electron chi connectivity index (χ2n) is 5.25. The maximum absolute atomic E-state index is 6.03. The summed E-state index contributed by atoms with van der Waals surface area (Å²) in [7, 11) is 0. The third-order valence-electron chi connectivity index (χ3n) is 3.61. The van der Waals surface area contributed by atoms with Crippen LogP contribution >= 0.6 is 0 Å². The summed E-state index contributed by atoms with van der Waals surface area (Å²) < 4.78 is 11.8. The molecule has 0 unspecified atom stereocenters. The Kier molecular flexibility index (Phi) is 7.22. The number of benzene rings is 2. The van der Waals surface area contributed by atoms with Crippen LogP contribution in [-0.2, 0) is 6.61 Å². The lowest BCUT2D eigenvalue weighted by atomic mass is 10.0. The van der Waals surface area contributed by atoms with Gasteiger partial charge in [0, 0.05) is 0 Å². The van der Waals surface area contributed by atoms with Crippen molar-refractivity contribution in [1.82, 2.24) is 0 Å². The molecule has 0 bridgehead atoms. The number of quaternary nitrogens is 1. The van der Waals surface area contributed by atoms with E-state index in [1.54, 1.807) is 0 Å². The van der Waals surface area contributed by atoms with Gasteiger partial charge in [-0.25, -0.2) is 0 Å². The maximum atomic E-state index is 6.03. The minimum Gasteiger partial charge on any atom is -1.00 e. The molecule has 4 heteroatoms. The summed E-state index contributed by atoms with van der Waals surface area (Å²) in [5.74, 6) is 1.89. The van der Waals surface area contributed by atoms with E-state index in [9.17, 15) is 0 Å². The van der Waals surface area contributed by atoms with Crippen LogP contribution in [0.1, 0.15) is 22.3 Å². The zero-order valence-electron chi connectivity index (χ0n) is 13.5. The largest absolute Gasteiger partial charge is 1.00 e. The molecule has 0 aliphatic heterocycles. The Hall–Kier alpha value is -1.71. The zero-order valence-corrected chi connectivity index (χ0v) is 14.2. The fourth-order valence-electron chi connectivity index (χ4n) is 2.31. The van der Waals surface area contributed by atoms with Crippen molar-refractivity contribution in [2.45, 2.75) is 27.4 Å². The SMILES string of the molecule is Cc1cc(OCC[NH3+])c(C)c(C)c1OCc1ccccc1.[Cl-]. The third kappa shape index (κ3) is 4.39. The Morgan fingerprint density at radius 1 is 0.955 bits per heavy atom. The van der Waals surface area contributed by atoms with E-state index in [1.807, 2.05) is 18.2 Å². The van der Waals surface area contributed by atoms with E-state index in [-0.39, 0.29) is 12.4 Å². The van der Waals surface area contributed by atoms with Crippen molar-refractivity contribution in [3.05, 3.63) is 58.7 Å². The van der Waals surface area contributed by atoms with Gasteiger partial charge in [-0.1, -0.05) is 30.3 Å². The first kappa shape index (κ1) is 18.3. The molecule has 0 amide bonds. The third-order valence-corrected chi connectivity index (χ3v) is 3.61. The molecule has 0 heterocycles. The summed E-state index contributed by atoms with van der Waals surface area (Å²) in [6.07, 6.45) is 0. The van der Waals surface area contributed by atoms with E-state index in [1.165, 1.54) is 5.56 Å². The van der Waals surface area contributed by atoms with Crippen LogP contribution < -0.4 is 27.6 Å². The first-order valence-electron chi connectivity index (χ1n) is 7.33. The van der Waals surface area contributed by atoms with Crippen molar-refractivity contribution in [2.75, 3.05) is 13.2 Å². The number of halogens is 1. The summed E-state index contributed by atoms with van der Waals surface area (Å²) in [6, 6.07) is 12.3. The van der Waals surface area contributed by atoms with Gasteiger partial charge in [0.1, 0.15) is 31.3 Å². The van der Waals surface area contributed by atoms with Gasteiger partial charge in [0.2, 0.25) is 0 Å². The van der Waals surface area contributed by atoms with E-state index in [0.29, 0.717) is 13.2 Å². The Balaban J connectivity index is 0.00000242. The van der Waals surface area contributed by atoms with Crippen molar-refractivity contribution in [2.24, 2.45) is 0 Å². The van der Waals surface area contributed by atoms with Gasteiger partial charge in [-0.2, -0.15) is 0 Å². The Labute approximate surface area is 138 Å². The summed E-state index contributed by atoms with van der Waals surface area (Å²) >= 11 is 0. The molecule has 22 heavy (non-hydrogen) atoms. The lowest BCUT2D eigenvalue weighted by Gasteiger charge is -2.17. The van der Waals surface area contributed by atoms with Gasteiger partial charge >= 0.3 is 0 Å². The highest BCUT2D eigenvalue weighted by Crippen LogP contribution is 2.33. The van der Waals surface area contributed by atoms with Gasteiger partial charge in [-0.3, -0.25) is 0 Å². The topological polar surface area (TPSA) is 46.1 Å². The van der Waals surface area contributed by atoms with E-state index >= 15 is 0 Å². The minimum absolute atomic E-state index is 0. The van der Waals surface area contributed by atoms with Crippen molar-refractivity contribution >= 4 is 0 Å². The predicted octanol–water partition coefficient (Wildman–Crippen LogP) is -0.184. The van der Waals surface area contributed by atoms with E-state index in [2.05, 4.69) is 44.7 Å². The van der Waals surface area contributed by atoms with Crippen LogP contribution in [0.25, 0.3) is 0 Å². The van der Waals surface area contributed by atoms with Gasteiger partial charge in [0.15, 0.2) is 0 Å². The Morgan fingerprint density at radius 3 is 2.27 bits per heavy atom. The first-order valence-corrected chi connectivity index (χ1v) is 7.33. The first-order chi connectivity index (χ1) is 10.1. The quantitative estimate of drug-likeness (QED) is 0.802. The summed E-state index contributed by atoms with van der Waals surface area (Å²) in [4.78, 5) is 0. The molecule has 2 aromatic rings. The van der Waals surface area contributed by atoms with Crippen LogP contribution in [-0.4, -0.2) is 13.2 Å². The highest BCUT2D eigenvalue weighted by molar-refractivity contribution is 5.52. The minimum atomic E-state index is 0. The zero-order chi connectivity index (χ0) is 15.2. The van der Waals surface area contributed by atoms with E-state index < -0.39 is 0 Å². The normalized spacial score (nSPS) is 10.0. The molecule has 3 N–H and O–H groups in total. The molecule has 0 spiro atoms. The molecule has 0 atom stereocenters. The number of aryl methyl sites for hydroxylation is 1.